The highest BCUT2D eigenvalue weighted by molar-refractivity contribution is 5.85. The molecule has 0 aliphatic rings. The molecule has 0 amide bonds. The number of benzene rings is 7. The van der Waals surface area contributed by atoms with E-state index in [1.807, 2.05) is 24.4 Å². The predicted octanol–water partition coefficient (Wildman–Crippen LogP) is 14.4. The van der Waals surface area contributed by atoms with Crippen LogP contribution in [-0.4, -0.2) is 11.7 Å². The number of nitrogens with zero attached hydrogens (tertiary/aromatic N) is 2. The molecule has 55 heavy (non-hydrogen) atoms. The lowest BCUT2D eigenvalue weighted by atomic mass is 9.91. The zero-order chi connectivity index (χ0) is 37.4. The first-order valence-electron chi connectivity index (χ1n) is 18.5. The van der Waals surface area contributed by atoms with Crippen LogP contribution in [0, 0.1) is 0 Å². The molecule has 0 atom stereocenters. The lowest BCUT2D eigenvalue weighted by Gasteiger charge is -2.13. The van der Waals surface area contributed by atoms with Crippen LogP contribution < -0.4 is 0 Å². The highest BCUT2D eigenvalue weighted by Crippen LogP contribution is 2.37. The zero-order valence-electron chi connectivity index (χ0n) is 30.8. The number of hydrogen-bond donors (Lipinski definition) is 0. The van der Waals surface area contributed by atoms with E-state index in [2.05, 4.69) is 206 Å². The van der Waals surface area contributed by atoms with Crippen molar-refractivity contribution in [3.8, 4) is 78.0 Å². The van der Waals surface area contributed by atoms with E-state index < -0.39 is 0 Å². The number of allylic oxidation sites excluding steroid dienone is 3. The molecule has 2 heteroatoms. The third kappa shape index (κ3) is 8.10. The second-order valence-corrected chi connectivity index (χ2v) is 13.7. The summed E-state index contributed by atoms with van der Waals surface area (Å²) >= 11 is 0. The van der Waals surface area contributed by atoms with Gasteiger partial charge in [0.2, 0.25) is 0 Å². The minimum Gasteiger partial charge on any atom is -0.273 e. The molecule has 0 N–H and O–H groups in total. The number of rotatable bonds is 10. The Morgan fingerprint density at radius 1 is 0.418 bits per heavy atom. The van der Waals surface area contributed by atoms with Crippen LogP contribution in [0.3, 0.4) is 0 Å². The first-order valence-corrected chi connectivity index (χ1v) is 18.5. The monoisotopic (exact) mass is 704 g/mol. The van der Waals surface area contributed by atoms with Gasteiger partial charge in [0.1, 0.15) is 0 Å². The molecule has 0 saturated carbocycles. The summed E-state index contributed by atoms with van der Waals surface area (Å²) in [6, 6.07) is 67.5. The summed E-state index contributed by atoms with van der Waals surface area (Å²) < 4.78 is 0. The second kappa shape index (κ2) is 16.2. The lowest BCUT2D eigenvalue weighted by molar-refractivity contribution is 1.32. The molecule has 1 heterocycles. The van der Waals surface area contributed by atoms with Gasteiger partial charge in [-0.3, -0.25) is 9.98 Å². The molecule has 8 rings (SSSR count). The summed E-state index contributed by atoms with van der Waals surface area (Å²) in [6.45, 7) is 5.68. The molecule has 0 spiro atoms. The van der Waals surface area contributed by atoms with Crippen molar-refractivity contribution >= 4 is 12.3 Å². The van der Waals surface area contributed by atoms with Crippen LogP contribution in [0.2, 0.25) is 0 Å². The Morgan fingerprint density at radius 3 is 1.27 bits per heavy atom. The van der Waals surface area contributed by atoms with Crippen LogP contribution >= 0.6 is 0 Å². The van der Waals surface area contributed by atoms with Crippen LogP contribution in [0.15, 0.2) is 218 Å². The molecule has 2 nitrogen and oxygen atoms in total. The minimum absolute atomic E-state index is 0.941. The molecule has 0 aliphatic heterocycles. The largest absolute Gasteiger partial charge is 0.273 e. The molecule has 0 unspecified atom stereocenters. The minimum atomic E-state index is 0.941. The Kier molecular flexibility index (Phi) is 10.3. The third-order valence-corrected chi connectivity index (χ3v) is 9.96. The van der Waals surface area contributed by atoms with Gasteiger partial charge < -0.3 is 0 Å². The molecule has 0 aliphatic carbocycles. The summed E-state index contributed by atoms with van der Waals surface area (Å²) in [6.07, 6.45) is 7.53. The van der Waals surface area contributed by atoms with Gasteiger partial charge >= 0.3 is 0 Å². The van der Waals surface area contributed by atoms with E-state index in [0.29, 0.717) is 0 Å². The highest BCUT2D eigenvalue weighted by atomic mass is 14.7. The molecule has 0 saturated heterocycles. The Morgan fingerprint density at radius 2 is 0.800 bits per heavy atom. The van der Waals surface area contributed by atoms with Crippen molar-refractivity contribution in [1.29, 1.82) is 0 Å². The number of hydrogen-bond acceptors (Lipinski definition) is 2. The standard InChI is InChI=1S/C53H40N2/c1-38(15-14-27-54-2)47-32-50(37-52(33-47)53-26-9-10-28-55-53)45-24-12-22-43(30-45)41-20-11-21-42(29-41)44-23-13-25-46(31-44)51-35-48(39-16-5-3-6-17-39)34-49(36-51)40-18-7-4-8-19-40/h3-37H,2H2,1H3/b27-14-,38-15+. The van der Waals surface area contributed by atoms with E-state index in [-0.39, 0.29) is 0 Å². The molecule has 7 aromatic carbocycles. The summed E-state index contributed by atoms with van der Waals surface area (Å²) in [5.41, 5.74) is 18.4. The van der Waals surface area contributed by atoms with Gasteiger partial charge in [-0.2, -0.15) is 0 Å². The average Bonchev–Trinajstić information content (AvgIpc) is 3.27. The van der Waals surface area contributed by atoms with E-state index in [0.717, 1.165) is 39.1 Å². The van der Waals surface area contributed by atoms with Gasteiger partial charge in [-0.15, -0.1) is 0 Å². The normalized spacial score (nSPS) is 11.5. The average molecular weight is 705 g/mol. The molecule has 262 valence electrons. The third-order valence-electron chi connectivity index (χ3n) is 9.96. The van der Waals surface area contributed by atoms with E-state index in [1.54, 1.807) is 6.20 Å². The lowest BCUT2D eigenvalue weighted by Crippen LogP contribution is -1.90. The van der Waals surface area contributed by atoms with Crippen molar-refractivity contribution in [2.75, 3.05) is 0 Å². The summed E-state index contributed by atoms with van der Waals surface area (Å²) in [5, 5.41) is 0. The van der Waals surface area contributed by atoms with Crippen molar-refractivity contribution in [2.45, 2.75) is 6.92 Å². The Labute approximate surface area is 324 Å². The maximum Gasteiger partial charge on any atom is 0.0702 e. The SMILES string of the molecule is C=N/C=C\C=C(/C)c1cc(-c2cccc(-c3cccc(-c4cccc(-c5cc(-c6ccccc6)cc(-c6ccccc6)c5)c4)c3)c2)cc(-c2ccccn2)c1. The summed E-state index contributed by atoms with van der Waals surface area (Å²) in [7, 11) is 0. The van der Waals surface area contributed by atoms with Crippen molar-refractivity contribution < 1.29 is 0 Å². The van der Waals surface area contributed by atoms with Crippen LogP contribution in [0.1, 0.15) is 12.5 Å². The second-order valence-electron chi connectivity index (χ2n) is 13.7. The van der Waals surface area contributed by atoms with E-state index >= 15 is 0 Å². The fourth-order valence-corrected chi connectivity index (χ4v) is 7.07. The molecule has 0 fully saturated rings. The van der Waals surface area contributed by atoms with Gasteiger partial charge in [0.15, 0.2) is 0 Å². The van der Waals surface area contributed by atoms with Gasteiger partial charge in [0, 0.05) is 18.0 Å². The topological polar surface area (TPSA) is 25.2 Å². The molecule has 8 aromatic rings. The van der Waals surface area contributed by atoms with Crippen molar-refractivity contribution in [1.82, 2.24) is 4.98 Å². The molecular weight excluding hydrogens is 665 g/mol. The fourth-order valence-electron chi connectivity index (χ4n) is 7.07. The maximum absolute atomic E-state index is 4.67. The van der Waals surface area contributed by atoms with Crippen molar-refractivity contribution in [3.63, 3.8) is 0 Å². The Balaban J connectivity index is 1.15. The zero-order valence-corrected chi connectivity index (χ0v) is 30.8. The van der Waals surface area contributed by atoms with Gasteiger partial charge in [0.25, 0.3) is 0 Å². The number of pyridine rings is 1. The highest BCUT2D eigenvalue weighted by Gasteiger charge is 2.12. The molecular formula is C53H40N2. The summed E-state index contributed by atoms with van der Waals surface area (Å²) in [4.78, 5) is 8.52. The first kappa shape index (κ1) is 34.9. The smallest absolute Gasteiger partial charge is 0.0702 e. The molecule has 0 radical (unpaired) electrons. The number of aliphatic imine (C=N–C) groups is 1. The van der Waals surface area contributed by atoms with Crippen LogP contribution in [0.4, 0.5) is 0 Å². The van der Waals surface area contributed by atoms with Gasteiger partial charge in [-0.25, -0.2) is 0 Å². The Hall–Kier alpha value is -7.16. The van der Waals surface area contributed by atoms with Crippen molar-refractivity contribution in [2.24, 2.45) is 4.99 Å². The van der Waals surface area contributed by atoms with Crippen molar-refractivity contribution in [3.05, 3.63) is 218 Å². The van der Waals surface area contributed by atoms with Crippen LogP contribution in [0.25, 0.3) is 83.6 Å². The van der Waals surface area contributed by atoms with Gasteiger partial charge in [-0.05, 0) is 164 Å². The van der Waals surface area contributed by atoms with Crippen LogP contribution in [-0.2, 0) is 0 Å². The van der Waals surface area contributed by atoms with E-state index in [1.165, 1.54) is 50.1 Å². The summed E-state index contributed by atoms with van der Waals surface area (Å²) in [5.74, 6) is 0. The van der Waals surface area contributed by atoms with Gasteiger partial charge in [0.05, 0.1) is 5.69 Å². The number of aromatic nitrogens is 1. The molecule has 0 bridgehead atoms. The van der Waals surface area contributed by atoms with Crippen LogP contribution in [0.5, 0.6) is 0 Å². The quantitative estimate of drug-likeness (QED) is 0.103. The Bertz CT molecular complexity index is 2600. The predicted molar refractivity (Wildman–Crippen MR) is 235 cm³/mol. The maximum atomic E-state index is 4.67. The van der Waals surface area contributed by atoms with Gasteiger partial charge in [-0.1, -0.05) is 127 Å². The molecule has 1 aromatic heterocycles. The fraction of sp³-hybridized carbons (Fsp3) is 0.0189. The first-order chi connectivity index (χ1) is 27.1. The van der Waals surface area contributed by atoms with E-state index in [9.17, 15) is 0 Å². The van der Waals surface area contributed by atoms with E-state index in [4.69, 9.17) is 0 Å².